The minimum Gasteiger partial charge on any atom is -0.399 e. The molecule has 2 aromatic rings. The fourth-order valence-corrected chi connectivity index (χ4v) is 3.88. The highest BCUT2D eigenvalue weighted by Crippen LogP contribution is 2.32. The number of carbonyl (C=O) groups is 1. The number of amides is 1. The summed E-state index contributed by atoms with van der Waals surface area (Å²) in [5, 5.41) is 2.98. The largest absolute Gasteiger partial charge is 0.399 e. The van der Waals surface area contributed by atoms with Crippen LogP contribution in [0, 0.1) is 12.8 Å². The summed E-state index contributed by atoms with van der Waals surface area (Å²) in [6.07, 6.45) is 3.42. The van der Waals surface area contributed by atoms with E-state index in [1.807, 2.05) is 25.1 Å². The monoisotopic (exact) mass is 300 g/mol. The predicted molar refractivity (Wildman–Crippen MR) is 89.1 cm³/mol. The quantitative estimate of drug-likeness (QED) is 0.823. The Bertz CT molecular complexity index is 690. The van der Waals surface area contributed by atoms with Crippen LogP contribution in [0.15, 0.2) is 24.3 Å². The van der Waals surface area contributed by atoms with Crippen molar-refractivity contribution in [3.8, 4) is 0 Å². The zero-order valence-corrected chi connectivity index (χ0v) is 13.2. The Morgan fingerprint density at radius 2 is 2.19 bits per heavy atom. The number of nitrogen functional groups attached to an aromatic ring is 1. The number of nitrogens with two attached hydrogens (primary N) is 1. The van der Waals surface area contributed by atoms with Crippen LogP contribution in [-0.2, 0) is 12.8 Å². The molecule has 1 heterocycles. The van der Waals surface area contributed by atoms with Gasteiger partial charge in [-0.2, -0.15) is 0 Å². The van der Waals surface area contributed by atoms with Gasteiger partial charge in [0.25, 0.3) is 5.91 Å². The van der Waals surface area contributed by atoms with Crippen LogP contribution in [0.1, 0.15) is 39.0 Å². The molecule has 0 saturated carbocycles. The van der Waals surface area contributed by atoms with Crippen LogP contribution in [0.5, 0.6) is 0 Å². The Balaban J connectivity index is 1.81. The van der Waals surface area contributed by atoms with Crippen molar-refractivity contribution in [1.82, 2.24) is 0 Å². The molecule has 0 aliphatic heterocycles. The molecule has 0 saturated heterocycles. The summed E-state index contributed by atoms with van der Waals surface area (Å²) in [6.45, 7) is 4.24. The van der Waals surface area contributed by atoms with Gasteiger partial charge in [0, 0.05) is 16.3 Å². The molecule has 1 unspecified atom stereocenters. The van der Waals surface area contributed by atoms with Gasteiger partial charge in [0.15, 0.2) is 0 Å². The van der Waals surface area contributed by atoms with Crippen molar-refractivity contribution in [3.05, 3.63) is 45.1 Å². The van der Waals surface area contributed by atoms with E-state index < -0.39 is 0 Å². The highest BCUT2D eigenvalue weighted by molar-refractivity contribution is 7.14. The van der Waals surface area contributed by atoms with E-state index in [9.17, 15) is 4.79 Å². The summed E-state index contributed by atoms with van der Waals surface area (Å²) in [7, 11) is 0. The molecular formula is C17H20N2OS. The average Bonchev–Trinajstić information content (AvgIpc) is 2.86. The number of rotatable bonds is 2. The molecule has 0 bridgehead atoms. The fraction of sp³-hybridized carbons (Fsp3) is 0.353. The zero-order valence-electron chi connectivity index (χ0n) is 12.4. The number of benzene rings is 1. The Hall–Kier alpha value is -1.81. The number of carbonyl (C=O) groups excluding carboxylic acids is 1. The summed E-state index contributed by atoms with van der Waals surface area (Å²) in [6, 6.07) is 7.64. The molecule has 0 fully saturated rings. The lowest BCUT2D eigenvalue weighted by Gasteiger charge is -2.16. The molecule has 0 spiro atoms. The van der Waals surface area contributed by atoms with Crippen LogP contribution in [0.3, 0.4) is 0 Å². The molecule has 4 heteroatoms. The number of thiophene rings is 1. The summed E-state index contributed by atoms with van der Waals surface area (Å²) in [4.78, 5) is 14.6. The predicted octanol–water partition coefficient (Wildman–Crippen LogP) is 4.02. The lowest BCUT2D eigenvalue weighted by molar-refractivity contribution is 0.103. The molecule has 110 valence electrons. The van der Waals surface area contributed by atoms with E-state index in [0.29, 0.717) is 5.69 Å². The SMILES string of the molecule is Cc1ccc(N)cc1NC(=O)c1cc2c(s1)CCC(C)C2. The first-order valence-electron chi connectivity index (χ1n) is 7.32. The topological polar surface area (TPSA) is 55.1 Å². The van der Waals surface area contributed by atoms with E-state index in [1.54, 1.807) is 11.3 Å². The van der Waals surface area contributed by atoms with Crippen molar-refractivity contribution in [2.24, 2.45) is 5.92 Å². The van der Waals surface area contributed by atoms with E-state index in [1.165, 1.54) is 16.9 Å². The fourth-order valence-electron chi connectivity index (χ4n) is 2.78. The number of aryl methyl sites for hydroxylation is 2. The van der Waals surface area contributed by atoms with Gasteiger partial charge in [0.1, 0.15) is 0 Å². The molecule has 3 rings (SSSR count). The molecule has 1 aliphatic rings. The molecule has 1 aromatic carbocycles. The van der Waals surface area contributed by atoms with Crippen molar-refractivity contribution in [3.63, 3.8) is 0 Å². The Labute approximate surface area is 129 Å². The van der Waals surface area contributed by atoms with Crippen molar-refractivity contribution >= 4 is 28.6 Å². The maximum absolute atomic E-state index is 12.4. The Morgan fingerprint density at radius 1 is 1.38 bits per heavy atom. The molecule has 21 heavy (non-hydrogen) atoms. The molecule has 3 nitrogen and oxygen atoms in total. The van der Waals surface area contributed by atoms with Crippen LogP contribution in [0.25, 0.3) is 0 Å². The second-order valence-corrected chi connectivity index (χ2v) is 7.07. The first kappa shape index (κ1) is 14.1. The maximum atomic E-state index is 12.4. The smallest absolute Gasteiger partial charge is 0.265 e. The van der Waals surface area contributed by atoms with Gasteiger partial charge in [-0.25, -0.2) is 0 Å². The van der Waals surface area contributed by atoms with Gasteiger partial charge >= 0.3 is 0 Å². The summed E-state index contributed by atoms with van der Waals surface area (Å²) < 4.78 is 0. The van der Waals surface area contributed by atoms with Crippen LogP contribution in [0.2, 0.25) is 0 Å². The average molecular weight is 300 g/mol. The first-order valence-corrected chi connectivity index (χ1v) is 8.13. The van der Waals surface area contributed by atoms with E-state index in [4.69, 9.17) is 5.73 Å². The third-order valence-corrected chi connectivity index (χ3v) is 5.30. The van der Waals surface area contributed by atoms with Gasteiger partial charge in [0.05, 0.1) is 4.88 Å². The van der Waals surface area contributed by atoms with Crippen molar-refractivity contribution in [1.29, 1.82) is 0 Å². The van der Waals surface area contributed by atoms with Gasteiger partial charge < -0.3 is 11.1 Å². The number of hydrogen-bond donors (Lipinski definition) is 2. The normalized spacial score (nSPS) is 17.3. The van der Waals surface area contributed by atoms with Crippen molar-refractivity contribution < 1.29 is 4.79 Å². The van der Waals surface area contributed by atoms with Crippen molar-refractivity contribution in [2.75, 3.05) is 11.1 Å². The maximum Gasteiger partial charge on any atom is 0.265 e. The van der Waals surface area contributed by atoms with E-state index in [0.717, 1.165) is 34.9 Å². The van der Waals surface area contributed by atoms with Gasteiger partial charge in [-0.15, -0.1) is 11.3 Å². The number of anilines is 2. The summed E-state index contributed by atoms with van der Waals surface area (Å²) in [5.74, 6) is 0.690. The van der Waals surface area contributed by atoms with Gasteiger partial charge in [-0.05, 0) is 61.4 Å². The van der Waals surface area contributed by atoms with Gasteiger partial charge in [-0.3, -0.25) is 4.79 Å². The van der Waals surface area contributed by atoms with Crippen LogP contribution in [0.4, 0.5) is 11.4 Å². The Kier molecular flexibility index (Phi) is 3.72. The number of fused-ring (bicyclic) bond motifs is 1. The lowest BCUT2D eigenvalue weighted by Crippen LogP contribution is -2.11. The molecule has 1 aromatic heterocycles. The summed E-state index contributed by atoms with van der Waals surface area (Å²) in [5.41, 5.74) is 9.62. The highest BCUT2D eigenvalue weighted by atomic mass is 32.1. The third kappa shape index (κ3) is 2.95. The van der Waals surface area contributed by atoms with E-state index in [2.05, 4.69) is 18.3 Å². The molecule has 1 atom stereocenters. The second-order valence-electron chi connectivity index (χ2n) is 5.94. The van der Waals surface area contributed by atoms with Gasteiger partial charge in [0.2, 0.25) is 0 Å². The second kappa shape index (κ2) is 5.53. The van der Waals surface area contributed by atoms with Crippen molar-refractivity contribution in [2.45, 2.75) is 33.1 Å². The van der Waals surface area contributed by atoms with Crippen LogP contribution < -0.4 is 11.1 Å². The zero-order chi connectivity index (χ0) is 15.0. The molecular weight excluding hydrogens is 280 g/mol. The standard InChI is InChI=1S/C17H20N2OS/c1-10-3-6-15-12(7-10)8-16(21-15)17(20)19-14-9-13(18)5-4-11(14)2/h4-5,8-10H,3,6-7,18H2,1-2H3,(H,19,20). The minimum atomic E-state index is -0.0317. The third-order valence-electron chi connectivity index (χ3n) is 4.06. The number of nitrogens with one attached hydrogen (secondary N) is 1. The van der Waals surface area contributed by atoms with E-state index >= 15 is 0 Å². The molecule has 1 aliphatic carbocycles. The minimum absolute atomic E-state index is 0.0317. The van der Waals surface area contributed by atoms with Crippen LogP contribution in [-0.4, -0.2) is 5.91 Å². The molecule has 0 radical (unpaired) electrons. The molecule has 1 amide bonds. The highest BCUT2D eigenvalue weighted by Gasteiger charge is 2.20. The Morgan fingerprint density at radius 3 is 3.00 bits per heavy atom. The van der Waals surface area contributed by atoms with E-state index in [-0.39, 0.29) is 5.91 Å². The lowest BCUT2D eigenvalue weighted by atomic mass is 9.90. The summed E-state index contributed by atoms with van der Waals surface area (Å²) >= 11 is 1.63. The van der Waals surface area contributed by atoms with Gasteiger partial charge in [-0.1, -0.05) is 13.0 Å². The first-order chi connectivity index (χ1) is 10.0. The number of hydrogen-bond acceptors (Lipinski definition) is 3. The molecule has 3 N–H and O–H groups in total. The van der Waals surface area contributed by atoms with Crippen LogP contribution >= 0.6 is 11.3 Å².